The number of thioether (sulfide) groups is 1. The second kappa shape index (κ2) is 12.2. The minimum absolute atomic E-state index is 0.0460. The Morgan fingerprint density at radius 1 is 1.10 bits per heavy atom. The van der Waals surface area contributed by atoms with E-state index in [0.717, 1.165) is 16.9 Å². The maximum atomic E-state index is 13.1. The first-order valence-corrected chi connectivity index (χ1v) is 11.8. The lowest BCUT2D eigenvalue weighted by molar-refractivity contribution is -0.140. The van der Waals surface area contributed by atoms with Crippen molar-refractivity contribution in [3.05, 3.63) is 64.1 Å². The highest BCUT2D eigenvalue weighted by Gasteiger charge is 2.27. The van der Waals surface area contributed by atoms with Gasteiger partial charge >= 0.3 is 0 Å². The molecule has 0 unspecified atom stereocenters. The lowest BCUT2D eigenvalue weighted by Crippen LogP contribution is -2.49. The molecule has 2 atom stereocenters. The Hall–Kier alpha value is -1.69. The van der Waals surface area contributed by atoms with Crippen LogP contribution in [0, 0.1) is 0 Å². The first-order chi connectivity index (χ1) is 14.3. The fourth-order valence-corrected chi connectivity index (χ4v) is 4.13. The first-order valence-electron chi connectivity index (χ1n) is 10.0. The maximum Gasteiger partial charge on any atom is 0.242 e. The molecule has 2 amide bonds. The van der Waals surface area contributed by atoms with Crippen LogP contribution in [-0.2, 0) is 16.1 Å². The van der Waals surface area contributed by atoms with Crippen LogP contribution >= 0.6 is 35.0 Å². The Morgan fingerprint density at radius 2 is 1.80 bits per heavy atom. The van der Waals surface area contributed by atoms with Crippen molar-refractivity contribution in [2.24, 2.45) is 0 Å². The number of benzene rings is 2. The third-order valence-electron chi connectivity index (χ3n) is 4.85. The molecule has 0 aliphatic heterocycles. The van der Waals surface area contributed by atoms with Crippen molar-refractivity contribution >= 4 is 46.8 Å². The molecule has 162 valence electrons. The number of hydrogen-bond donors (Lipinski definition) is 1. The van der Waals surface area contributed by atoms with Gasteiger partial charge in [-0.1, -0.05) is 54.4 Å². The van der Waals surface area contributed by atoms with Gasteiger partial charge in [0.25, 0.3) is 0 Å². The zero-order valence-electron chi connectivity index (χ0n) is 17.5. The van der Waals surface area contributed by atoms with Gasteiger partial charge in [-0.2, -0.15) is 0 Å². The third-order valence-corrected chi connectivity index (χ3v) is 6.45. The van der Waals surface area contributed by atoms with Gasteiger partial charge < -0.3 is 10.2 Å². The van der Waals surface area contributed by atoms with E-state index in [9.17, 15) is 9.59 Å². The standard InChI is InChI=1S/C23H28Cl2N2O2S/c1-4-16(2)26-23(29)17(3)27(15-18-10-11-19(24)14-21(18)25)22(28)12-13-30-20-8-6-5-7-9-20/h5-11,14,16-17H,4,12-13,15H2,1-3H3,(H,26,29)/t16-,17+/m0/s1. The van der Waals surface area contributed by atoms with Gasteiger partial charge in [0.15, 0.2) is 0 Å². The van der Waals surface area contributed by atoms with E-state index in [-0.39, 0.29) is 24.4 Å². The lowest BCUT2D eigenvalue weighted by atomic mass is 10.1. The topological polar surface area (TPSA) is 49.4 Å². The van der Waals surface area contributed by atoms with Crippen LogP contribution in [0.4, 0.5) is 0 Å². The Bertz CT molecular complexity index is 848. The molecular weight excluding hydrogens is 439 g/mol. The van der Waals surface area contributed by atoms with E-state index in [0.29, 0.717) is 22.2 Å². The summed E-state index contributed by atoms with van der Waals surface area (Å²) in [6.07, 6.45) is 1.15. The molecule has 2 aromatic carbocycles. The Morgan fingerprint density at radius 3 is 2.43 bits per heavy atom. The Balaban J connectivity index is 2.12. The van der Waals surface area contributed by atoms with E-state index in [1.807, 2.05) is 44.2 Å². The normalized spacial score (nSPS) is 12.8. The van der Waals surface area contributed by atoms with Crippen molar-refractivity contribution < 1.29 is 9.59 Å². The van der Waals surface area contributed by atoms with E-state index in [1.54, 1.807) is 41.8 Å². The van der Waals surface area contributed by atoms with Crippen LogP contribution in [0.25, 0.3) is 0 Å². The van der Waals surface area contributed by atoms with Crippen LogP contribution < -0.4 is 5.32 Å². The summed E-state index contributed by atoms with van der Waals surface area (Å²) in [5, 5.41) is 3.98. The molecule has 0 fully saturated rings. The molecule has 0 saturated heterocycles. The molecule has 2 rings (SSSR count). The minimum Gasteiger partial charge on any atom is -0.352 e. The Kier molecular flexibility index (Phi) is 10.0. The lowest BCUT2D eigenvalue weighted by Gasteiger charge is -2.30. The van der Waals surface area contributed by atoms with Crippen molar-refractivity contribution in [1.82, 2.24) is 10.2 Å². The third kappa shape index (κ3) is 7.53. The summed E-state index contributed by atoms with van der Waals surface area (Å²) in [6, 6.07) is 14.6. The number of carbonyl (C=O) groups is 2. The molecule has 0 aliphatic carbocycles. The number of rotatable bonds is 10. The van der Waals surface area contributed by atoms with Gasteiger partial charge in [0.1, 0.15) is 6.04 Å². The molecule has 0 aliphatic rings. The predicted molar refractivity (Wildman–Crippen MR) is 126 cm³/mol. The molecular formula is C23H28Cl2N2O2S. The van der Waals surface area contributed by atoms with Crippen molar-refractivity contribution in [3.63, 3.8) is 0 Å². The molecule has 0 heterocycles. The molecule has 1 N–H and O–H groups in total. The van der Waals surface area contributed by atoms with E-state index >= 15 is 0 Å². The van der Waals surface area contributed by atoms with Crippen LogP contribution in [0.2, 0.25) is 10.0 Å². The number of nitrogens with zero attached hydrogens (tertiary/aromatic N) is 1. The van der Waals surface area contributed by atoms with Crippen molar-refractivity contribution in [3.8, 4) is 0 Å². The smallest absolute Gasteiger partial charge is 0.242 e. The summed E-state index contributed by atoms with van der Waals surface area (Å²) < 4.78 is 0. The molecule has 30 heavy (non-hydrogen) atoms. The summed E-state index contributed by atoms with van der Waals surface area (Å²) in [7, 11) is 0. The average Bonchev–Trinajstić information content (AvgIpc) is 2.73. The summed E-state index contributed by atoms with van der Waals surface area (Å²) in [5.74, 6) is 0.377. The van der Waals surface area contributed by atoms with E-state index in [1.165, 1.54) is 0 Å². The second-order valence-electron chi connectivity index (χ2n) is 7.16. The molecule has 0 bridgehead atoms. The van der Waals surface area contributed by atoms with Gasteiger partial charge in [-0.15, -0.1) is 11.8 Å². The number of halogens is 2. The first kappa shape index (κ1) is 24.6. The monoisotopic (exact) mass is 466 g/mol. The van der Waals surface area contributed by atoms with Crippen LogP contribution in [0.15, 0.2) is 53.4 Å². The zero-order valence-corrected chi connectivity index (χ0v) is 19.9. The molecule has 2 aromatic rings. The molecule has 0 aromatic heterocycles. The quantitative estimate of drug-likeness (QED) is 0.449. The van der Waals surface area contributed by atoms with Gasteiger partial charge in [0.05, 0.1) is 0 Å². The van der Waals surface area contributed by atoms with Crippen LogP contribution in [0.5, 0.6) is 0 Å². The fourth-order valence-electron chi connectivity index (χ4n) is 2.80. The highest BCUT2D eigenvalue weighted by atomic mass is 35.5. The van der Waals surface area contributed by atoms with Gasteiger partial charge in [-0.3, -0.25) is 9.59 Å². The average molecular weight is 467 g/mol. The highest BCUT2D eigenvalue weighted by molar-refractivity contribution is 7.99. The van der Waals surface area contributed by atoms with Gasteiger partial charge in [0.2, 0.25) is 11.8 Å². The van der Waals surface area contributed by atoms with Crippen LogP contribution in [-0.4, -0.2) is 34.6 Å². The predicted octanol–water partition coefficient (Wildman–Crippen LogP) is 5.81. The van der Waals surface area contributed by atoms with Crippen molar-refractivity contribution in [2.45, 2.75) is 57.1 Å². The Labute approximate surface area is 193 Å². The van der Waals surface area contributed by atoms with E-state index in [2.05, 4.69) is 5.32 Å². The van der Waals surface area contributed by atoms with Crippen LogP contribution in [0.1, 0.15) is 39.2 Å². The molecule has 0 saturated carbocycles. The van der Waals surface area contributed by atoms with Gasteiger partial charge in [0, 0.05) is 39.7 Å². The van der Waals surface area contributed by atoms with Crippen molar-refractivity contribution in [1.29, 1.82) is 0 Å². The van der Waals surface area contributed by atoms with E-state index < -0.39 is 6.04 Å². The zero-order chi connectivity index (χ0) is 22.1. The molecule has 0 radical (unpaired) electrons. The largest absolute Gasteiger partial charge is 0.352 e. The molecule has 7 heteroatoms. The SMILES string of the molecule is CC[C@H](C)NC(=O)[C@@H](C)N(Cc1ccc(Cl)cc1Cl)C(=O)CCSc1ccccc1. The molecule has 4 nitrogen and oxygen atoms in total. The molecule has 0 spiro atoms. The van der Waals surface area contributed by atoms with Crippen LogP contribution in [0.3, 0.4) is 0 Å². The summed E-state index contributed by atoms with van der Waals surface area (Å²) in [5.41, 5.74) is 0.758. The van der Waals surface area contributed by atoms with Gasteiger partial charge in [-0.25, -0.2) is 0 Å². The number of amides is 2. The summed E-state index contributed by atoms with van der Waals surface area (Å²) in [4.78, 5) is 28.5. The summed E-state index contributed by atoms with van der Waals surface area (Å²) in [6.45, 7) is 5.96. The van der Waals surface area contributed by atoms with E-state index in [4.69, 9.17) is 23.2 Å². The maximum absolute atomic E-state index is 13.1. The van der Waals surface area contributed by atoms with Crippen molar-refractivity contribution in [2.75, 3.05) is 5.75 Å². The number of hydrogen-bond acceptors (Lipinski definition) is 3. The van der Waals surface area contributed by atoms with Gasteiger partial charge in [-0.05, 0) is 50.1 Å². The minimum atomic E-state index is -0.611. The second-order valence-corrected chi connectivity index (χ2v) is 9.17. The number of carbonyl (C=O) groups excluding carboxylic acids is 2. The summed E-state index contributed by atoms with van der Waals surface area (Å²) >= 11 is 13.9. The fraction of sp³-hybridized carbons (Fsp3) is 0.391. The number of nitrogens with one attached hydrogen (secondary N) is 1. The highest BCUT2D eigenvalue weighted by Crippen LogP contribution is 2.24.